The minimum absolute atomic E-state index is 0.297. The van der Waals surface area contributed by atoms with Gasteiger partial charge in [0.25, 0.3) is 0 Å². The Bertz CT molecular complexity index is 246. The largest absolute Gasteiger partial charge is 0.480 e. The molecular formula is C8H15N3O4. The molecule has 7 heteroatoms. The summed E-state index contributed by atoms with van der Waals surface area (Å²) < 4.78 is 4.96. The first-order valence-corrected chi connectivity index (χ1v) is 4.74. The lowest BCUT2D eigenvalue weighted by Gasteiger charge is -2.11. The van der Waals surface area contributed by atoms with Crippen molar-refractivity contribution in [1.29, 1.82) is 0 Å². The molecule has 0 aliphatic carbocycles. The number of amides is 1. The van der Waals surface area contributed by atoms with Crippen LogP contribution < -0.4 is 16.4 Å². The summed E-state index contributed by atoms with van der Waals surface area (Å²) in [6.45, 7) is 1.06. The zero-order valence-electron chi connectivity index (χ0n) is 8.23. The summed E-state index contributed by atoms with van der Waals surface area (Å²) in [6, 6.07) is -0.627. The Hall–Kier alpha value is -1.34. The molecule has 2 atom stereocenters. The van der Waals surface area contributed by atoms with Crippen molar-refractivity contribution in [1.82, 2.24) is 10.6 Å². The first-order valence-electron chi connectivity index (χ1n) is 4.74. The molecule has 1 heterocycles. The van der Waals surface area contributed by atoms with E-state index in [4.69, 9.17) is 15.6 Å². The van der Waals surface area contributed by atoms with E-state index in [1.165, 1.54) is 0 Å². The molecule has 5 N–H and O–H groups in total. The van der Waals surface area contributed by atoms with Crippen LogP contribution in [0.4, 0.5) is 4.79 Å². The molecule has 1 aliphatic heterocycles. The van der Waals surface area contributed by atoms with E-state index in [2.05, 4.69) is 10.6 Å². The molecule has 1 rings (SSSR count). The molecule has 15 heavy (non-hydrogen) atoms. The second-order valence-electron chi connectivity index (χ2n) is 3.28. The zero-order chi connectivity index (χ0) is 11.3. The smallest absolute Gasteiger partial charge is 0.407 e. The van der Waals surface area contributed by atoms with Gasteiger partial charge in [-0.25, -0.2) is 4.79 Å². The van der Waals surface area contributed by atoms with Crippen LogP contribution in [-0.4, -0.2) is 48.9 Å². The van der Waals surface area contributed by atoms with E-state index in [-0.39, 0.29) is 6.10 Å². The van der Waals surface area contributed by atoms with E-state index < -0.39 is 18.1 Å². The highest BCUT2D eigenvalue weighted by atomic mass is 16.6. The van der Waals surface area contributed by atoms with Crippen LogP contribution in [0.25, 0.3) is 0 Å². The lowest BCUT2D eigenvalue weighted by atomic mass is 10.2. The van der Waals surface area contributed by atoms with Crippen molar-refractivity contribution in [2.75, 3.05) is 19.6 Å². The third-order valence-electron chi connectivity index (χ3n) is 2.08. The van der Waals surface area contributed by atoms with Gasteiger partial charge in [-0.1, -0.05) is 0 Å². The van der Waals surface area contributed by atoms with Gasteiger partial charge < -0.3 is 26.2 Å². The van der Waals surface area contributed by atoms with Gasteiger partial charge in [-0.2, -0.15) is 0 Å². The third-order valence-corrected chi connectivity index (χ3v) is 2.08. The van der Waals surface area contributed by atoms with Crippen molar-refractivity contribution < 1.29 is 19.4 Å². The monoisotopic (exact) mass is 217 g/mol. The molecule has 1 aliphatic rings. The van der Waals surface area contributed by atoms with Gasteiger partial charge in [-0.05, 0) is 0 Å². The highest BCUT2D eigenvalue weighted by molar-refractivity contribution is 5.74. The summed E-state index contributed by atoms with van der Waals surface area (Å²) in [5.74, 6) is -0.927. The summed E-state index contributed by atoms with van der Waals surface area (Å²) in [5, 5.41) is 13.9. The predicted octanol–water partition coefficient (Wildman–Crippen LogP) is -1.51. The zero-order valence-corrected chi connectivity index (χ0v) is 8.23. The predicted molar refractivity (Wildman–Crippen MR) is 51.4 cm³/mol. The molecule has 7 nitrogen and oxygen atoms in total. The molecule has 1 amide bonds. The molecule has 1 saturated heterocycles. The fourth-order valence-electron chi connectivity index (χ4n) is 1.35. The van der Waals surface area contributed by atoms with Crippen LogP contribution in [0.3, 0.4) is 0 Å². The van der Waals surface area contributed by atoms with Gasteiger partial charge in [-0.3, -0.25) is 4.79 Å². The second kappa shape index (κ2) is 5.52. The van der Waals surface area contributed by atoms with E-state index in [0.717, 1.165) is 0 Å². The number of rotatable bonds is 4. The highest BCUT2D eigenvalue weighted by Crippen LogP contribution is 2.10. The molecule has 0 aromatic carbocycles. The number of hydrogen-bond donors (Lipinski definition) is 4. The minimum Gasteiger partial charge on any atom is -0.480 e. The standard InChI is InChI=1S/C8H15N3O4/c9-1-2-10-8(14)15-5-3-6(7(12)13)11-4-5/h5-6,11H,1-4,9H2,(H,10,14)(H,12,13). The van der Waals surface area contributed by atoms with Gasteiger partial charge in [0.1, 0.15) is 12.1 Å². The summed E-state index contributed by atoms with van der Waals surface area (Å²) >= 11 is 0. The van der Waals surface area contributed by atoms with Gasteiger partial charge in [0.15, 0.2) is 0 Å². The maximum absolute atomic E-state index is 11.1. The summed E-state index contributed by atoms with van der Waals surface area (Å²) in [7, 11) is 0. The van der Waals surface area contributed by atoms with Crippen molar-refractivity contribution >= 4 is 12.1 Å². The Labute approximate surface area is 87.0 Å². The van der Waals surface area contributed by atoms with Crippen molar-refractivity contribution in [3.05, 3.63) is 0 Å². The number of carbonyl (C=O) groups excluding carboxylic acids is 1. The first kappa shape index (κ1) is 11.7. The SMILES string of the molecule is NCCNC(=O)OC1CNC(C(=O)O)C1. The van der Waals surface area contributed by atoms with Crippen LogP contribution in [0.15, 0.2) is 0 Å². The number of aliphatic carboxylic acids is 1. The normalized spacial score (nSPS) is 24.9. The molecule has 0 aromatic heterocycles. The van der Waals surface area contributed by atoms with E-state index in [1.54, 1.807) is 0 Å². The molecule has 86 valence electrons. The second-order valence-corrected chi connectivity index (χ2v) is 3.28. The maximum Gasteiger partial charge on any atom is 0.407 e. The van der Waals surface area contributed by atoms with Gasteiger partial charge in [0, 0.05) is 26.1 Å². The van der Waals surface area contributed by atoms with E-state index in [1.807, 2.05) is 0 Å². The Kier molecular flexibility index (Phi) is 4.32. The van der Waals surface area contributed by atoms with Crippen LogP contribution in [0.2, 0.25) is 0 Å². The van der Waals surface area contributed by atoms with Crippen LogP contribution in [0, 0.1) is 0 Å². The fourth-order valence-corrected chi connectivity index (χ4v) is 1.35. The first-order chi connectivity index (χ1) is 7.13. The maximum atomic E-state index is 11.1. The minimum atomic E-state index is -0.927. The molecule has 2 unspecified atom stereocenters. The number of alkyl carbamates (subject to hydrolysis) is 1. The quantitative estimate of drug-likeness (QED) is 0.455. The van der Waals surface area contributed by atoms with Crippen LogP contribution >= 0.6 is 0 Å². The summed E-state index contributed by atoms with van der Waals surface area (Å²) in [6.07, 6.45) is -0.645. The van der Waals surface area contributed by atoms with Crippen LogP contribution in [0.5, 0.6) is 0 Å². The number of carboxylic acids is 1. The van der Waals surface area contributed by atoms with Gasteiger partial charge in [-0.15, -0.1) is 0 Å². The molecule has 0 radical (unpaired) electrons. The molecule has 0 spiro atoms. The number of hydrogen-bond acceptors (Lipinski definition) is 5. The van der Waals surface area contributed by atoms with E-state index in [9.17, 15) is 9.59 Å². The van der Waals surface area contributed by atoms with Crippen molar-refractivity contribution in [2.45, 2.75) is 18.6 Å². The Morgan fingerprint density at radius 3 is 2.87 bits per heavy atom. The topological polar surface area (TPSA) is 114 Å². The third kappa shape index (κ3) is 3.72. The average molecular weight is 217 g/mol. The summed E-state index contributed by atoms with van der Waals surface area (Å²) in [5.41, 5.74) is 5.19. The van der Waals surface area contributed by atoms with Crippen LogP contribution in [0.1, 0.15) is 6.42 Å². The lowest BCUT2D eigenvalue weighted by molar-refractivity contribution is -0.139. The lowest BCUT2D eigenvalue weighted by Crippen LogP contribution is -2.33. The number of carbonyl (C=O) groups is 2. The van der Waals surface area contributed by atoms with Crippen molar-refractivity contribution in [3.8, 4) is 0 Å². The molecule has 0 bridgehead atoms. The number of nitrogens with one attached hydrogen (secondary N) is 2. The molecule has 1 fully saturated rings. The van der Waals surface area contributed by atoms with Gasteiger partial charge >= 0.3 is 12.1 Å². The van der Waals surface area contributed by atoms with E-state index >= 15 is 0 Å². The molecular weight excluding hydrogens is 202 g/mol. The Balaban J connectivity index is 2.23. The Morgan fingerprint density at radius 2 is 2.33 bits per heavy atom. The fraction of sp³-hybridized carbons (Fsp3) is 0.750. The number of ether oxygens (including phenoxy) is 1. The average Bonchev–Trinajstić information content (AvgIpc) is 2.63. The van der Waals surface area contributed by atoms with Crippen molar-refractivity contribution in [2.24, 2.45) is 5.73 Å². The Morgan fingerprint density at radius 1 is 1.60 bits per heavy atom. The number of nitrogens with two attached hydrogens (primary N) is 1. The molecule has 0 saturated carbocycles. The van der Waals surface area contributed by atoms with Crippen molar-refractivity contribution in [3.63, 3.8) is 0 Å². The number of carboxylic acid groups (broad SMARTS) is 1. The highest BCUT2D eigenvalue weighted by Gasteiger charge is 2.31. The van der Waals surface area contributed by atoms with Gasteiger partial charge in [0.05, 0.1) is 0 Å². The van der Waals surface area contributed by atoms with Crippen LogP contribution in [-0.2, 0) is 9.53 Å². The molecule has 0 aromatic rings. The van der Waals surface area contributed by atoms with E-state index in [0.29, 0.717) is 26.1 Å². The van der Waals surface area contributed by atoms with Gasteiger partial charge in [0.2, 0.25) is 0 Å². The summed E-state index contributed by atoms with van der Waals surface area (Å²) in [4.78, 5) is 21.6.